The molecule has 1 saturated heterocycles. The second kappa shape index (κ2) is 7.32. The van der Waals surface area contributed by atoms with Crippen LogP contribution >= 0.6 is 0 Å². The molecule has 1 aliphatic rings. The van der Waals surface area contributed by atoms with Gasteiger partial charge in [-0.25, -0.2) is 9.67 Å². The first-order valence-corrected chi connectivity index (χ1v) is 9.08. The second-order valence-electron chi connectivity index (χ2n) is 6.72. The fourth-order valence-corrected chi connectivity index (χ4v) is 3.35. The van der Waals surface area contributed by atoms with E-state index in [2.05, 4.69) is 25.9 Å². The third-order valence-electron chi connectivity index (χ3n) is 4.85. The van der Waals surface area contributed by atoms with Crippen molar-refractivity contribution in [2.24, 2.45) is 0 Å². The van der Waals surface area contributed by atoms with E-state index in [9.17, 15) is 4.79 Å². The largest absolute Gasteiger partial charge is 0.441 e. The van der Waals surface area contributed by atoms with Crippen molar-refractivity contribution in [1.29, 1.82) is 0 Å². The van der Waals surface area contributed by atoms with Crippen molar-refractivity contribution in [2.45, 2.75) is 32.7 Å². The van der Waals surface area contributed by atoms with Crippen molar-refractivity contribution in [3.63, 3.8) is 0 Å². The summed E-state index contributed by atoms with van der Waals surface area (Å²) < 4.78 is 7.39. The lowest BCUT2D eigenvalue weighted by molar-refractivity contribution is 0.102. The van der Waals surface area contributed by atoms with Crippen LogP contribution in [0.2, 0.25) is 0 Å². The predicted molar refractivity (Wildman–Crippen MR) is 101 cm³/mol. The molecule has 0 spiro atoms. The lowest BCUT2D eigenvalue weighted by Crippen LogP contribution is -2.30. The molecule has 0 atom stereocenters. The number of benzene rings is 1. The highest BCUT2D eigenvalue weighted by molar-refractivity contribution is 6.03. The van der Waals surface area contributed by atoms with Crippen molar-refractivity contribution < 1.29 is 9.21 Å². The summed E-state index contributed by atoms with van der Waals surface area (Å²) >= 11 is 0. The maximum absolute atomic E-state index is 12.6. The third-order valence-corrected chi connectivity index (χ3v) is 4.85. The van der Waals surface area contributed by atoms with Crippen molar-refractivity contribution in [1.82, 2.24) is 25.3 Å². The van der Waals surface area contributed by atoms with E-state index in [1.807, 2.05) is 35.9 Å². The van der Waals surface area contributed by atoms with Crippen LogP contribution in [0.15, 0.2) is 34.9 Å². The van der Waals surface area contributed by atoms with Crippen molar-refractivity contribution >= 4 is 11.6 Å². The third kappa shape index (κ3) is 3.61. The Morgan fingerprint density at radius 2 is 1.96 bits per heavy atom. The predicted octanol–water partition coefficient (Wildman–Crippen LogP) is 2.73. The number of hydrogen-bond acceptors (Lipinski definition) is 6. The highest BCUT2D eigenvalue weighted by Gasteiger charge is 2.23. The van der Waals surface area contributed by atoms with E-state index < -0.39 is 0 Å². The van der Waals surface area contributed by atoms with Crippen LogP contribution in [0.25, 0.3) is 11.3 Å². The van der Waals surface area contributed by atoms with Crippen LogP contribution in [0.3, 0.4) is 0 Å². The number of carbonyl (C=O) groups is 1. The summed E-state index contributed by atoms with van der Waals surface area (Å²) in [5.41, 5.74) is 2.76. The quantitative estimate of drug-likeness (QED) is 0.737. The molecule has 3 heterocycles. The molecule has 1 fully saturated rings. The van der Waals surface area contributed by atoms with Gasteiger partial charge in [-0.1, -0.05) is 5.21 Å². The molecule has 8 heteroatoms. The number of nitrogens with one attached hydrogen (secondary N) is 2. The Morgan fingerprint density at radius 1 is 1.22 bits per heavy atom. The van der Waals surface area contributed by atoms with Crippen LogP contribution in [0.5, 0.6) is 0 Å². The van der Waals surface area contributed by atoms with Gasteiger partial charge in [0.15, 0.2) is 17.3 Å². The molecular weight excluding hydrogens is 344 g/mol. The minimum absolute atomic E-state index is 0.254. The normalized spacial score (nSPS) is 15.0. The van der Waals surface area contributed by atoms with Crippen LogP contribution in [0.1, 0.15) is 41.0 Å². The molecule has 1 aromatic carbocycles. The van der Waals surface area contributed by atoms with Gasteiger partial charge in [0.2, 0.25) is 0 Å². The molecule has 2 N–H and O–H groups in total. The minimum Gasteiger partial charge on any atom is -0.441 e. The van der Waals surface area contributed by atoms with Crippen molar-refractivity contribution in [2.75, 3.05) is 18.4 Å². The lowest BCUT2D eigenvalue weighted by atomic mass is 10.1. The summed E-state index contributed by atoms with van der Waals surface area (Å²) in [6.45, 7) is 5.62. The summed E-state index contributed by atoms with van der Waals surface area (Å²) in [5, 5.41) is 14.5. The zero-order valence-electron chi connectivity index (χ0n) is 15.4. The van der Waals surface area contributed by atoms with Crippen LogP contribution < -0.4 is 10.6 Å². The van der Waals surface area contributed by atoms with E-state index >= 15 is 0 Å². The van der Waals surface area contributed by atoms with Gasteiger partial charge in [-0.3, -0.25) is 4.79 Å². The number of rotatable bonds is 4. The Balaban J connectivity index is 1.47. The molecule has 4 rings (SSSR count). The number of amides is 1. The summed E-state index contributed by atoms with van der Waals surface area (Å²) in [6.07, 6.45) is 3.67. The average molecular weight is 366 g/mol. The number of oxazole rings is 1. The number of anilines is 1. The number of hydrogen-bond donors (Lipinski definition) is 2. The summed E-state index contributed by atoms with van der Waals surface area (Å²) in [5.74, 6) is 1.07. The molecule has 1 aliphatic heterocycles. The smallest absolute Gasteiger partial charge is 0.278 e. The highest BCUT2D eigenvalue weighted by atomic mass is 16.4. The first-order chi connectivity index (χ1) is 13.1. The van der Waals surface area contributed by atoms with Crippen LogP contribution in [-0.2, 0) is 0 Å². The van der Waals surface area contributed by atoms with E-state index in [1.54, 1.807) is 13.1 Å². The molecule has 2 aromatic heterocycles. The Morgan fingerprint density at radius 3 is 2.63 bits per heavy atom. The van der Waals surface area contributed by atoms with Gasteiger partial charge in [-0.05, 0) is 57.1 Å². The molecule has 0 radical (unpaired) electrons. The van der Waals surface area contributed by atoms with Gasteiger partial charge in [-0.2, -0.15) is 0 Å². The lowest BCUT2D eigenvalue weighted by Gasteiger charge is -2.23. The topological polar surface area (TPSA) is 97.9 Å². The van der Waals surface area contributed by atoms with Crippen LogP contribution in [0.4, 0.5) is 5.69 Å². The monoisotopic (exact) mass is 366 g/mol. The molecule has 8 nitrogen and oxygen atoms in total. The molecule has 3 aromatic rings. The highest BCUT2D eigenvalue weighted by Crippen LogP contribution is 2.23. The van der Waals surface area contributed by atoms with E-state index in [-0.39, 0.29) is 5.91 Å². The molecular formula is C19H22N6O2. The Hall–Kier alpha value is -3.00. The van der Waals surface area contributed by atoms with Gasteiger partial charge in [0.05, 0.1) is 17.9 Å². The summed E-state index contributed by atoms with van der Waals surface area (Å²) in [4.78, 5) is 16.7. The number of nitrogens with zero attached hydrogens (tertiary/aromatic N) is 4. The maximum Gasteiger partial charge on any atom is 0.278 e. The Kier molecular flexibility index (Phi) is 4.72. The number of aromatic nitrogens is 4. The molecule has 27 heavy (non-hydrogen) atoms. The molecule has 140 valence electrons. The average Bonchev–Trinajstić information content (AvgIpc) is 3.29. The molecule has 0 bridgehead atoms. The standard InChI is InChI=1S/C19H22N6O2/c1-12-18(23-24-25(12)16-7-9-20-10-8-16)19(26)22-15-5-3-14(4-6-15)17-11-21-13(2)27-17/h3-6,11,16,20H,7-10H2,1-2H3,(H,22,26). The fourth-order valence-electron chi connectivity index (χ4n) is 3.35. The van der Waals surface area contributed by atoms with E-state index in [1.165, 1.54) is 0 Å². The Labute approximate surface area is 157 Å². The van der Waals surface area contributed by atoms with Gasteiger partial charge in [0.1, 0.15) is 0 Å². The number of piperidine rings is 1. The van der Waals surface area contributed by atoms with E-state index in [0.717, 1.165) is 37.2 Å². The van der Waals surface area contributed by atoms with Gasteiger partial charge in [0.25, 0.3) is 5.91 Å². The second-order valence-corrected chi connectivity index (χ2v) is 6.72. The number of aryl methyl sites for hydroxylation is 1. The van der Waals surface area contributed by atoms with Gasteiger partial charge < -0.3 is 15.1 Å². The Bertz CT molecular complexity index is 938. The number of carbonyl (C=O) groups excluding carboxylic acids is 1. The first kappa shape index (κ1) is 17.4. The molecule has 1 amide bonds. The van der Waals surface area contributed by atoms with Crippen molar-refractivity contribution in [3.05, 3.63) is 47.7 Å². The minimum atomic E-state index is -0.254. The van der Waals surface area contributed by atoms with Gasteiger partial charge in [0, 0.05) is 18.2 Å². The van der Waals surface area contributed by atoms with E-state index in [4.69, 9.17) is 4.42 Å². The van der Waals surface area contributed by atoms with Crippen LogP contribution in [0, 0.1) is 13.8 Å². The van der Waals surface area contributed by atoms with Crippen molar-refractivity contribution in [3.8, 4) is 11.3 Å². The fraction of sp³-hybridized carbons (Fsp3) is 0.368. The molecule has 0 unspecified atom stereocenters. The van der Waals surface area contributed by atoms with Gasteiger partial charge >= 0.3 is 0 Å². The zero-order chi connectivity index (χ0) is 18.8. The van der Waals surface area contributed by atoms with E-state index in [0.29, 0.717) is 29.1 Å². The van der Waals surface area contributed by atoms with Crippen LogP contribution in [-0.4, -0.2) is 39.0 Å². The summed E-state index contributed by atoms with van der Waals surface area (Å²) in [6, 6.07) is 7.72. The maximum atomic E-state index is 12.6. The first-order valence-electron chi connectivity index (χ1n) is 9.08. The molecule has 0 saturated carbocycles. The SMILES string of the molecule is Cc1ncc(-c2ccc(NC(=O)c3nnn(C4CCNCC4)c3C)cc2)o1. The zero-order valence-corrected chi connectivity index (χ0v) is 15.4. The summed E-state index contributed by atoms with van der Waals surface area (Å²) in [7, 11) is 0. The molecule has 0 aliphatic carbocycles. The van der Waals surface area contributed by atoms with Gasteiger partial charge in [-0.15, -0.1) is 5.10 Å².